The third-order valence-corrected chi connectivity index (χ3v) is 4.59. The second-order valence-electron chi connectivity index (χ2n) is 6.88. The van der Waals surface area contributed by atoms with Gasteiger partial charge in [0.1, 0.15) is 30.5 Å². The van der Waals surface area contributed by atoms with Crippen LogP contribution in [0.3, 0.4) is 0 Å². The van der Waals surface area contributed by atoms with Gasteiger partial charge in [0, 0.05) is 5.69 Å². The monoisotopic (exact) mass is 413 g/mol. The van der Waals surface area contributed by atoms with Crippen LogP contribution in [0.4, 0.5) is 5.69 Å². The maximum Gasteiger partial charge on any atom is 0.262 e. The van der Waals surface area contributed by atoms with Crippen molar-refractivity contribution in [1.82, 2.24) is 0 Å². The molecule has 156 valence electrons. The van der Waals surface area contributed by atoms with Gasteiger partial charge in [-0.05, 0) is 59.3 Å². The van der Waals surface area contributed by atoms with Crippen LogP contribution in [-0.4, -0.2) is 25.7 Å². The van der Waals surface area contributed by atoms with E-state index < -0.39 is 0 Å². The highest BCUT2D eigenvalue weighted by atomic mass is 16.5. The zero-order chi connectivity index (χ0) is 21.3. The Morgan fingerprint density at radius 2 is 1.23 bits per heavy atom. The number of rotatable bonds is 9. The fourth-order valence-corrected chi connectivity index (χ4v) is 3.07. The van der Waals surface area contributed by atoms with Crippen LogP contribution >= 0.6 is 0 Å². The van der Waals surface area contributed by atoms with Gasteiger partial charge in [-0.3, -0.25) is 4.79 Å². The van der Waals surface area contributed by atoms with Crippen molar-refractivity contribution in [3.8, 4) is 17.2 Å². The Labute approximate surface area is 181 Å². The number of hydrogen-bond acceptors (Lipinski definition) is 4. The molecule has 5 nitrogen and oxygen atoms in total. The molecule has 0 radical (unpaired) electrons. The first-order valence-corrected chi connectivity index (χ1v) is 10.1. The first-order chi connectivity index (χ1) is 15.3. The van der Waals surface area contributed by atoms with Crippen molar-refractivity contribution in [3.05, 3.63) is 97.1 Å². The molecule has 5 heteroatoms. The summed E-state index contributed by atoms with van der Waals surface area (Å²) in [6, 6.07) is 30.6. The predicted octanol–water partition coefficient (Wildman–Crippen LogP) is 5.32. The van der Waals surface area contributed by atoms with Crippen LogP contribution < -0.4 is 19.5 Å². The van der Waals surface area contributed by atoms with E-state index in [9.17, 15) is 4.79 Å². The topological polar surface area (TPSA) is 56.8 Å². The maximum atomic E-state index is 12.2. The summed E-state index contributed by atoms with van der Waals surface area (Å²) in [6.45, 7) is 0.822. The van der Waals surface area contributed by atoms with Gasteiger partial charge in [0.05, 0.1) is 0 Å². The molecule has 4 aromatic carbocycles. The molecular weight excluding hydrogens is 390 g/mol. The molecule has 4 rings (SSSR count). The SMILES string of the molecule is O=C(COc1ccc2ccccc2c1)Nc1ccc(OCCOc2ccccc2)cc1. The largest absolute Gasteiger partial charge is 0.490 e. The van der Waals surface area contributed by atoms with Crippen molar-refractivity contribution in [1.29, 1.82) is 0 Å². The Kier molecular flexibility index (Phi) is 6.65. The van der Waals surface area contributed by atoms with Crippen molar-refractivity contribution in [2.75, 3.05) is 25.1 Å². The Morgan fingerprint density at radius 3 is 1.97 bits per heavy atom. The number of hydrogen-bond donors (Lipinski definition) is 1. The van der Waals surface area contributed by atoms with Crippen molar-refractivity contribution < 1.29 is 19.0 Å². The molecule has 4 aromatic rings. The number of anilines is 1. The fourth-order valence-electron chi connectivity index (χ4n) is 3.07. The summed E-state index contributed by atoms with van der Waals surface area (Å²) in [6.07, 6.45) is 0. The van der Waals surface area contributed by atoms with Gasteiger partial charge in [-0.15, -0.1) is 0 Å². The second-order valence-corrected chi connectivity index (χ2v) is 6.88. The summed E-state index contributed by atoms with van der Waals surface area (Å²) in [5.41, 5.74) is 0.681. The fraction of sp³-hybridized carbons (Fsp3) is 0.115. The van der Waals surface area contributed by atoms with E-state index in [1.807, 2.05) is 84.9 Å². The standard InChI is InChI=1S/C26H23NO4/c28-26(19-31-25-13-10-20-6-4-5-7-21(20)18-25)27-22-11-14-24(15-12-22)30-17-16-29-23-8-2-1-3-9-23/h1-15,18H,16-17,19H2,(H,27,28). The Hall–Kier alpha value is -3.99. The van der Waals surface area contributed by atoms with E-state index in [4.69, 9.17) is 14.2 Å². The number of nitrogens with one attached hydrogen (secondary N) is 1. The lowest BCUT2D eigenvalue weighted by molar-refractivity contribution is -0.118. The highest BCUT2D eigenvalue weighted by Crippen LogP contribution is 2.21. The molecule has 0 fully saturated rings. The van der Waals surface area contributed by atoms with Crippen molar-refractivity contribution in [3.63, 3.8) is 0 Å². The van der Waals surface area contributed by atoms with Gasteiger partial charge in [-0.25, -0.2) is 0 Å². The molecule has 0 aliphatic carbocycles. The first kappa shape index (κ1) is 20.3. The first-order valence-electron chi connectivity index (χ1n) is 10.1. The molecule has 1 amide bonds. The van der Waals surface area contributed by atoms with E-state index in [1.165, 1.54) is 0 Å². The van der Waals surface area contributed by atoms with E-state index in [2.05, 4.69) is 5.32 Å². The average molecular weight is 413 g/mol. The van der Waals surface area contributed by atoms with Gasteiger partial charge in [0.2, 0.25) is 0 Å². The zero-order valence-electron chi connectivity index (χ0n) is 17.0. The number of amides is 1. The summed E-state index contributed by atoms with van der Waals surface area (Å²) in [5, 5.41) is 5.03. The van der Waals surface area contributed by atoms with Crippen LogP contribution in [0.2, 0.25) is 0 Å². The smallest absolute Gasteiger partial charge is 0.262 e. The minimum absolute atomic E-state index is 0.0621. The minimum Gasteiger partial charge on any atom is -0.490 e. The predicted molar refractivity (Wildman–Crippen MR) is 122 cm³/mol. The average Bonchev–Trinajstić information content (AvgIpc) is 2.82. The second kappa shape index (κ2) is 10.2. The van der Waals surface area contributed by atoms with Gasteiger partial charge in [-0.2, -0.15) is 0 Å². The molecule has 0 saturated heterocycles. The third-order valence-electron chi connectivity index (χ3n) is 4.59. The molecule has 31 heavy (non-hydrogen) atoms. The zero-order valence-corrected chi connectivity index (χ0v) is 17.0. The molecule has 0 bridgehead atoms. The number of fused-ring (bicyclic) bond motifs is 1. The Morgan fingerprint density at radius 1 is 0.613 bits per heavy atom. The summed E-state index contributed by atoms with van der Waals surface area (Å²) in [4.78, 5) is 12.2. The van der Waals surface area contributed by atoms with Crippen LogP contribution in [-0.2, 0) is 4.79 Å². The van der Waals surface area contributed by atoms with Crippen LogP contribution in [0, 0.1) is 0 Å². The van der Waals surface area contributed by atoms with E-state index in [-0.39, 0.29) is 12.5 Å². The molecule has 1 N–H and O–H groups in total. The Bertz CT molecular complexity index is 1130. The van der Waals surface area contributed by atoms with Crippen molar-refractivity contribution in [2.24, 2.45) is 0 Å². The molecule has 0 heterocycles. The van der Waals surface area contributed by atoms with Gasteiger partial charge >= 0.3 is 0 Å². The number of ether oxygens (including phenoxy) is 3. The van der Waals surface area contributed by atoms with Gasteiger partial charge in [0.15, 0.2) is 6.61 Å². The van der Waals surface area contributed by atoms with Crippen molar-refractivity contribution in [2.45, 2.75) is 0 Å². The van der Waals surface area contributed by atoms with Gasteiger partial charge in [0.25, 0.3) is 5.91 Å². The lowest BCUT2D eigenvalue weighted by Gasteiger charge is -2.10. The summed E-state index contributed by atoms with van der Waals surface area (Å²) >= 11 is 0. The summed E-state index contributed by atoms with van der Waals surface area (Å²) < 4.78 is 16.9. The number of carbonyl (C=O) groups is 1. The third kappa shape index (κ3) is 6.00. The molecule has 0 unspecified atom stereocenters. The lowest BCUT2D eigenvalue weighted by atomic mass is 10.1. The normalized spacial score (nSPS) is 10.5. The molecule has 0 aliphatic heterocycles. The highest BCUT2D eigenvalue weighted by Gasteiger charge is 2.05. The Balaban J connectivity index is 1.20. The molecule has 0 spiro atoms. The van der Waals surface area contributed by atoms with Crippen molar-refractivity contribution >= 4 is 22.4 Å². The maximum absolute atomic E-state index is 12.2. The highest BCUT2D eigenvalue weighted by molar-refractivity contribution is 5.92. The summed E-state index contributed by atoms with van der Waals surface area (Å²) in [5.74, 6) is 1.96. The van der Waals surface area contributed by atoms with E-state index in [0.717, 1.165) is 16.5 Å². The van der Waals surface area contributed by atoms with Crippen LogP contribution in [0.15, 0.2) is 97.1 Å². The van der Waals surface area contributed by atoms with Crippen LogP contribution in [0.25, 0.3) is 10.8 Å². The van der Waals surface area contributed by atoms with Crippen LogP contribution in [0.1, 0.15) is 0 Å². The van der Waals surface area contributed by atoms with E-state index in [1.54, 1.807) is 12.1 Å². The summed E-state index contributed by atoms with van der Waals surface area (Å²) in [7, 11) is 0. The molecular formula is C26H23NO4. The van der Waals surface area contributed by atoms with Crippen LogP contribution in [0.5, 0.6) is 17.2 Å². The van der Waals surface area contributed by atoms with Gasteiger partial charge in [-0.1, -0.05) is 48.5 Å². The number of benzene rings is 4. The quantitative estimate of drug-likeness (QED) is 0.378. The lowest BCUT2D eigenvalue weighted by Crippen LogP contribution is -2.20. The molecule has 0 atom stereocenters. The number of para-hydroxylation sites is 1. The molecule has 0 saturated carbocycles. The minimum atomic E-state index is -0.224. The molecule has 0 aliphatic rings. The molecule has 0 aromatic heterocycles. The number of carbonyl (C=O) groups excluding carboxylic acids is 1. The van der Waals surface area contributed by atoms with Gasteiger partial charge < -0.3 is 19.5 Å². The van der Waals surface area contributed by atoms with E-state index in [0.29, 0.717) is 30.4 Å². The van der Waals surface area contributed by atoms with E-state index >= 15 is 0 Å².